The minimum Gasteiger partial charge on any atom is -0.460 e. The molecule has 0 aromatic rings. The zero-order valence-electron chi connectivity index (χ0n) is 12.9. The lowest BCUT2D eigenvalue weighted by Crippen LogP contribution is -2.20. The summed E-state index contributed by atoms with van der Waals surface area (Å²) in [6.07, 6.45) is -0.755. The maximum atomic E-state index is 11.5. The zero-order valence-corrected chi connectivity index (χ0v) is 13.8. The van der Waals surface area contributed by atoms with Crippen LogP contribution >= 0.6 is 7.82 Å². The van der Waals surface area contributed by atoms with Gasteiger partial charge in [-0.3, -0.25) is 9.05 Å². The van der Waals surface area contributed by atoms with Crippen LogP contribution in [0.5, 0.6) is 0 Å². The summed E-state index contributed by atoms with van der Waals surface area (Å²) in [5.41, 5.74) is 0.409. The van der Waals surface area contributed by atoms with Gasteiger partial charge in [0.1, 0.15) is 12.7 Å². The molecule has 2 unspecified atom stereocenters. The first kappa shape index (κ1) is 20.5. The van der Waals surface area contributed by atoms with Crippen molar-refractivity contribution in [1.29, 1.82) is 0 Å². The van der Waals surface area contributed by atoms with E-state index in [1.807, 2.05) is 0 Å². The number of ether oxygens (including phenoxy) is 2. The molecule has 0 aromatic heterocycles. The Kier molecular flexibility index (Phi) is 8.89. The average Bonchev–Trinajstić information content (AvgIpc) is 2.41. The van der Waals surface area contributed by atoms with Gasteiger partial charge in [0.2, 0.25) is 0 Å². The Morgan fingerprint density at radius 1 is 1.09 bits per heavy atom. The van der Waals surface area contributed by atoms with Crippen LogP contribution in [0, 0.1) is 0 Å². The Labute approximate surface area is 129 Å². The zero-order chi connectivity index (χ0) is 17.3. The first-order valence-corrected chi connectivity index (χ1v) is 7.85. The van der Waals surface area contributed by atoms with Crippen LogP contribution in [0.15, 0.2) is 24.3 Å². The van der Waals surface area contributed by atoms with E-state index in [-0.39, 0.29) is 31.0 Å². The van der Waals surface area contributed by atoms with Crippen LogP contribution < -0.4 is 0 Å². The molecule has 2 atom stereocenters. The second-order valence-corrected chi connectivity index (χ2v) is 5.96. The third-order valence-corrected chi connectivity index (χ3v) is 3.03. The maximum Gasteiger partial charge on any atom is 0.472 e. The number of esters is 2. The van der Waals surface area contributed by atoms with Gasteiger partial charge < -0.3 is 14.4 Å². The SMILES string of the molecule is C=C(C)C(=O)OCCOP(=O)(O)OCC(C)OC(=O)C(=C)C. The molecule has 0 saturated heterocycles. The smallest absolute Gasteiger partial charge is 0.460 e. The molecule has 0 aromatic carbocycles. The van der Waals surface area contributed by atoms with Crippen LogP contribution in [0.25, 0.3) is 0 Å². The standard InChI is InChI=1S/C13H21O8P/c1-9(2)12(14)18-6-7-19-22(16,17)20-8-11(5)21-13(15)10(3)4/h11H,1,3,6-8H2,2,4-5H3,(H,16,17). The van der Waals surface area contributed by atoms with Crippen molar-refractivity contribution in [2.45, 2.75) is 26.9 Å². The number of hydrogen-bond donors (Lipinski definition) is 1. The van der Waals surface area contributed by atoms with Gasteiger partial charge in [-0.15, -0.1) is 0 Å². The summed E-state index contributed by atoms with van der Waals surface area (Å²) in [5, 5.41) is 0. The number of rotatable bonds is 10. The van der Waals surface area contributed by atoms with Crippen molar-refractivity contribution in [1.82, 2.24) is 0 Å². The highest BCUT2D eigenvalue weighted by Crippen LogP contribution is 2.43. The Hall–Kier alpha value is -1.47. The van der Waals surface area contributed by atoms with Gasteiger partial charge in [0.25, 0.3) is 0 Å². The Morgan fingerprint density at radius 2 is 1.64 bits per heavy atom. The molecule has 8 nitrogen and oxygen atoms in total. The summed E-state index contributed by atoms with van der Waals surface area (Å²) in [6.45, 7) is 10.3. The fourth-order valence-electron chi connectivity index (χ4n) is 0.964. The summed E-state index contributed by atoms with van der Waals surface area (Å²) in [5.74, 6) is -1.26. The molecule has 0 radical (unpaired) electrons. The van der Waals surface area contributed by atoms with E-state index in [1.54, 1.807) is 0 Å². The second kappa shape index (κ2) is 9.53. The molecule has 0 spiro atoms. The van der Waals surface area contributed by atoms with Crippen LogP contribution in [0.4, 0.5) is 0 Å². The van der Waals surface area contributed by atoms with Gasteiger partial charge >= 0.3 is 19.8 Å². The average molecular weight is 336 g/mol. The van der Waals surface area contributed by atoms with Crippen LogP contribution in [0.2, 0.25) is 0 Å². The molecule has 0 heterocycles. The molecule has 0 amide bonds. The topological polar surface area (TPSA) is 108 Å². The molecule has 1 N–H and O–H groups in total. The Balaban J connectivity index is 4.02. The maximum absolute atomic E-state index is 11.5. The molecule has 0 rings (SSSR count). The summed E-state index contributed by atoms with van der Waals surface area (Å²) in [4.78, 5) is 31.6. The van der Waals surface area contributed by atoms with E-state index in [2.05, 4.69) is 26.9 Å². The lowest BCUT2D eigenvalue weighted by Gasteiger charge is -2.16. The van der Waals surface area contributed by atoms with Gasteiger partial charge in [0.05, 0.1) is 13.2 Å². The van der Waals surface area contributed by atoms with Crippen molar-refractivity contribution in [3.05, 3.63) is 24.3 Å². The number of carbonyl (C=O) groups excluding carboxylic acids is 2. The number of phosphoric acid groups is 1. The van der Waals surface area contributed by atoms with Crippen molar-refractivity contribution in [3.63, 3.8) is 0 Å². The van der Waals surface area contributed by atoms with E-state index in [0.717, 1.165) is 0 Å². The van der Waals surface area contributed by atoms with Gasteiger partial charge in [0, 0.05) is 11.1 Å². The molecular formula is C13H21O8P. The van der Waals surface area contributed by atoms with Crippen LogP contribution in [-0.4, -0.2) is 42.8 Å². The minimum atomic E-state index is -4.32. The van der Waals surface area contributed by atoms with Gasteiger partial charge in [0.15, 0.2) is 0 Å². The highest BCUT2D eigenvalue weighted by atomic mass is 31.2. The predicted molar refractivity (Wildman–Crippen MR) is 77.9 cm³/mol. The molecular weight excluding hydrogens is 315 g/mol. The Morgan fingerprint density at radius 3 is 2.14 bits per heavy atom. The van der Waals surface area contributed by atoms with Crippen molar-refractivity contribution in [3.8, 4) is 0 Å². The lowest BCUT2D eigenvalue weighted by molar-refractivity contribution is -0.145. The summed E-state index contributed by atoms with van der Waals surface area (Å²) in [7, 11) is -4.32. The first-order chi connectivity index (χ1) is 10.0. The molecule has 0 bridgehead atoms. The summed E-state index contributed by atoms with van der Waals surface area (Å²) >= 11 is 0. The van der Waals surface area contributed by atoms with Crippen LogP contribution in [0.3, 0.4) is 0 Å². The van der Waals surface area contributed by atoms with Gasteiger partial charge in [-0.05, 0) is 20.8 Å². The first-order valence-electron chi connectivity index (χ1n) is 6.36. The molecule has 126 valence electrons. The molecule has 9 heteroatoms. The van der Waals surface area contributed by atoms with E-state index >= 15 is 0 Å². The summed E-state index contributed by atoms with van der Waals surface area (Å²) in [6, 6.07) is 0. The molecule has 0 aliphatic carbocycles. The minimum absolute atomic E-state index is 0.203. The van der Waals surface area contributed by atoms with E-state index in [4.69, 9.17) is 4.74 Å². The number of phosphoric ester groups is 1. The van der Waals surface area contributed by atoms with Gasteiger partial charge in [-0.2, -0.15) is 0 Å². The fourth-order valence-corrected chi connectivity index (χ4v) is 1.74. The normalized spacial score (nSPS) is 14.5. The third-order valence-electron chi connectivity index (χ3n) is 2.05. The number of hydrogen-bond acceptors (Lipinski definition) is 7. The van der Waals surface area contributed by atoms with E-state index < -0.39 is 25.9 Å². The fraction of sp³-hybridized carbons (Fsp3) is 0.538. The predicted octanol–water partition coefficient (Wildman–Crippen LogP) is 1.75. The van der Waals surface area contributed by atoms with Crippen LogP contribution in [-0.2, 0) is 32.7 Å². The van der Waals surface area contributed by atoms with Crippen molar-refractivity contribution in [2.75, 3.05) is 19.8 Å². The molecule has 0 saturated carbocycles. The monoisotopic (exact) mass is 336 g/mol. The van der Waals surface area contributed by atoms with E-state index in [1.165, 1.54) is 20.8 Å². The molecule has 0 aliphatic rings. The second-order valence-electron chi connectivity index (χ2n) is 4.51. The lowest BCUT2D eigenvalue weighted by atomic mass is 10.3. The molecule has 22 heavy (non-hydrogen) atoms. The third kappa shape index (κ3) is 9.46. The summed E-state index contributed by atoms with van der Waals surface area (Å²) < 4.78 is 30.3. The number of carbonyl (C=O) groups is 2. The highest BCUT2D eigenvalue weighted by Gasteiger charge is 2.23. The van der Waals surface area contributed by atoms with Crippen molar-refractivity contribution >= 4 is 19.8 Å². The quantitative estimate of drug-likeness (QED) is 0.278. The molecule has 0 fully saturated rings. The Bertz CT molecular complexity index is 484. The van der Waals surface area contributed by atoms with Crippen molar-refractivity contribution < 1.29 is 37.6 Å². The van der Waals surface area contributed by atoms with E-state index in [0.29, 0.717) is 0 Å². The molecule has 0 aliphatic heterocycles. The largest absolute Gasteiger partial charge is 0.472 e. The van der Waals surface area contributed by atoms with E-state index in [9.17, 15) is 19.0 Å². The van der Waals surface area contributed by atoms with Crippen molar-refractivity contribution in [2.24, 2.45) is 0 Å². The van der Waals surface area contributed by atoms with Gasteiger partial charge in [-0.25, -0.2) is 14.2 Å². The van der Waals surface area contributed by atoms with Crippen LogP contribution in [0.1, 0.15) is 20.8 Å². The van der Waals surface area contributed by atoms with Gasteiger partial charge in [-0.1, -0.05) is 13.2 Å². The highest BCUT2D eigenvalue weighted by molar-refractivity contribution is 7.47.